The van der Waals surface area contributed by atoms with Gasteiger partial charge < -0.3 is 20.1 Å². The number of allylic oxidation sites excluding steroid dienone is 2. The third kappa shape index (κ3) is 7.06. The first-order chi connectivity index (χ1) is 13.2. The number of hydrogen-bond acceptors (Lipinski definition) is 4. The van der Waals surface area contributed by atoms with Crippen molar-refractivity contribution in [1.29, 1.82) is 0 Å². The van der Waals surface area contributed by atoms with Gasteiger partial charge in [-0.3, -0.25) is 4.79 Å². The van der Waals surface area contributed by atoms with Gasteiger partial charge in [0.05, 0.1) is 12.2 Å². The van der Waals surface area contributed by atoms with Crippen LogP contribution in [-0.4, -0.2) is 75.3 Å². The molecule has 0 unspecified atom stereocenters. The SMILES string of the molecule is CCCCC(C)(C)[C@H](O)/C=C/[C@@H]1[C@@H]2[C@H](C[C@H]1O)O/C(=C\CCCC(=O)O)[C@@H]2F.[NaH]. The van der Waals surface area contributed by atoms with Crippen LogP contribution in [-0.2, 0) is 9.53 Å². The van der Waals surface area contributed by atoms with Gasteiger partial charge >= 0.3 is 35.5 Å². The van der Waals surface area contributed by atoms with E-state index in [4.69, 9.17) is 9.84 Å². The third-order valence-corrected chi connectivity index (χ3v) is 6.12. The van der Waals surface area contributed by atoms with E-state index in [9.17, 15) is 19.4 Å². The Morgan fingerprint density at radius 1 is 1.38 bits per heavy atom. The summed E-state index contributed by atoms with van der Waals surface area (Å²) in [6.07, 6.45) is 6.36. The summed E-state index contributed by atoms with van der Waals surface area (Å²) in [6, 6.07) is 0. The molecule has 0 radical (unpaired) electrons. The van der Waals surface area contributed by atoms with E-state index in [1.165, 1.54) is 0 Å². The van der Waals surface area contributed by atoms with Crippen molar-refractivity contribution in [2.45, 2.75) is 90.2 Å². The summed E-state index contributed by atoms with van der Waals surface area (Å²) in [6.45, 7) is 6.14. The number of fused-ring (bicyclic) bond motifs is 1. The summed E-state index contributed by atoms with van der Waals surface area (Å²) in [4.78, 5) is 10.6. The Labute approximate surface area is 195 Å². The Balaban J connectivity index is 0.00000420. The van der Waals surface area contributed by atoms with Crippen LogP contribution in [0.2, 0.25) is 0 Å². The van der Waals surface area contributed by atoms with Gasteiger partial charge in [0.1, 0.15) is 11.9 Å². The molecule has 1 aliphatic carbocycles. The Bertz CT molecular complexity index is 592. The Hall–Kier alpha value is -0.400. The first kappa shape index (κ1) is 26.6. The number of rotatable bonds is 10. The maximum absolute atomic E-state index is 15.0. The molecule has 0 aromatic carbocycles. The third-order valence-electron chi connectivity index (χ3n) is 6.12. The number of ether oxygens (including phenoxy) is 1. The van der Waals surface area contributed by atoms with Crippen molar-refractivity contribution >= 4 is 35.5 Å². The van der Waals surface area contributed by atoms with Crippen molar-refractivity contribution in [3.05, 3.63) is 24.0 Å². The van der Waals surface area contributed by atoms with Crippen LogP contribution >= 0.6 is 0 Å². The van der Waals surface area contributed by atoms with Gasteiger partial charge in [-0.1, -0.05) is 45.8 Å². The molecule has 1 aliphatic heterocycles. The fourth-order valence-corrected chi connectivity index (χ4v) is 4.19. The van der Waals surface area contributed by atoms with E-state index in [2.05, 4.69) is 6.92 Å². The first-order valence-corrected chi connectivity index (χ1v) is 10.4. The Kier molecular flexibility index (Phi) is 10.9. The molecule has 2 rings (SSSR count). The topological polar surface area (TPSA) is 87.0 Å². The van der Waals surface area contributed by atoms with E-state index in [0.29, 0.717) is 19.3 Å². The van der Waals surface area contributed by atoms with Crippen LogP contribution in [0.25, 0.3) is 0 Å². The fraction of sp³-hybridized carbons (Fsp3) is 0.773. The molecule has 29 heavy (non-hydrogen) atoms. The summed E-state index contributed by atoms with van der Waals surface area (Å²) in [5, 5.41) is 29.6. The zero-order valence-electron chi connectivity index (χ0n) is 17.2. The van der Waals surface area contributed by atoms with E-state index < -0.39 is 36.2 Å². The van der Waals surface area contributed by atoms with Crippen LogP contribution in [0.15, 0.2) is 24.0 Å². The number of carboxylic acid groups (broad SMARTS) is 1. The number of aliphatic hydroxyl groups is 2. The van der Waals surface area contributed by atoms with Gasteiger partial charge in [-0.2, -0.15) is 0 Å². The summed E-state index contributed by atoms with van der Waals surface area (Å²) >= 11 is 0. The molecular weight excluding hydrogens is 386 g/mol. The predicted octanol–water partition coefficient (Wildman–Crippen LogP) is 3.34. The molecule has 6 atom stereocenters. The normalized spacial score (nSPS) is 31.5. The molecule has 0 aromatic rings. The number of unbranched alkanes of at least 4 members (excludes halogenated alkanes) is 2. The summed E-state index contributed by atoms with van der Waals surface area (Å²) in [7, 11) is 0. The minimum absolute atomic E-state index is 0. The number of carbonyl (C=O) groups is 1. The average molecular weight is 423 g/mol. The molecule has 7 heteroatoms. The van der Waals surface area contributed by atoms with Gasteiger partial charge in [0, 0.05) is 24.7 Å². The van der Waals surface area contributed by atoms with Crippen molar-refractivity contribution < 1.29 is 29.2 Å². The Morgan fingerprint density at radius 2 is 2.07 bits per heavy atom. The zero-order chi connectivity index (χ0) is 20.9. The van der Waals surface area contributed by atoms with Crippen LogP contribution in [0.3, 0.4) is 0 Å². The monoisotopic (exact) mass is 422 g/mol. The number of carboxylic acids is 1. The van der Waals surface area contributed by atoms with Crippen molar-refractivity contribution in [2.24, 2.45) is 17.3 Å². The minimum atomic E-state index is -1.31. The second-order valence-electron chi connectivity index (χ2n) is 8.83. The van der Waals surface area contributed by atoms with Gasteiger partial charge in [-0.25, -0.2) is 4.39 Å². The Morgan fingerprint density at radius 3 is 2.69 bits per heavy atom. The molecule has 2 aliphatic rings. The molecule has 5 nitrogen and oxygen atoms in total. The van der Waals surface area contributed by atoms with Crippen molar-refractivity contribution in [2.75, 3.05) is 0 Å². The molecule has 0 amide bonds. The molecule has 0 bridgehead atoms. The van der Waals surface area contributed by atoms with Crippen LogP contribution in [0, 0.1) is 17.3 Å². The van der Waals surface area contributed by atoms with Gasteiger partial charge in [-0.15, -0.1) is 0 Å². The second-order valence-corrected chi connectivity index (χ2v) is 8.83. The summed E-state index contributed by atoms with van der Waals surface area (Å²) in [5.74, 6) is -1.48. The van der Waals surface area contributed by atoms with Crippen LogP contribution in [0.1, 0.15) is 65.7 Å². The predicted molar refractivity (Wildman–Crippen MR) is 113 cm³/mol. The van der Waals surface area contributed by atoms with Crippen molar-refractivity contribution in [1.82, 2.24) is 0 Å². The van der Waals surface area contributed by atoms with E-state index in [0.717, 1.165) is 19.3 Å². The molecule has 1 heterocycles. The number of hydrogen-bond donors (Lipinski definition) is 3. The molecule has 1 saturated heterocycles. The molecule has 162 valence electrons. The first-order valence-electron chi connectivity index (χ1n) is 10.4. The second kappa shape index (κ2) is 11.8. The van der Waals surface area contributed by atoms with E-state index >= 15 is 0 Å². The quantitative estimate of drug-likeness (QED) is 0.286. The number of aliphatic hydroxyl groups excluding tert-OH is 2. The molecular formula is C22H36FNaO5. The van der Waals surface area contributed by atoms with Gasteiger partial charge in [-0.05, 0) is 30.8 Å². The molecule has 3 N–H and O–H groups in total. The van der Waals surface area contributed by atoms with Crippen LogP contribution in [0.5, 0.6) is 0 Å². The maximum atomic E-state index is 15.0. The van der Waals surface area contributed by atoms with Crippen LogP contribution < -0.4 is 0 Å². The van der Waals surface area contributed by atoms with Crippen molar-refractivity contribution in [3.8, 4) is 0 Å². The van der Waals surface area contributed by atoms with Gasteiger partial charge in [0.15, 0.2) is 6.17 Å². The summed E-state index contributed by atoms with van der Waals surface area (Å²) in [5.41, 5.74) is -0.272. The van der Waals surface area contributed by atoms with Gasteiger partial charge in [0.2, 0.25) is 0 Å². The standard InChI is InChI=1S/C22H35FO5.Na.H/c1-4-5-12-22(2,3)18(25)11-10-14-15(24)13-17-20(14)21(23)16(28-17)8-6-7-9-19(26)27;;/h8,10-11,14-15,17-18,20-21,24-25H,4-7,9,12-13H2,1-3H3,(H,26,27);;/b11-10+,16-8-;;/t14-,15+,17-,18+,20+,21-;;/m0../s1. The fourth-order valence-electron chi connectivity index (χ4n) is 4.19. The summed E-state index contributed by atoms with van der Waals surface area (Å²) < 4.78 is 20.7. The zero-order valence-corrected chi connectivity index (χ0v) is 17.2. The number of aliphatic carboxylic acids is 1. The van der Waals surface area contributed by atoms with E-state index in [-0.39, 0.29) is 53.3 Å². The van der Waals surface area contributed by atoms with Crippen molar-refractivity contribution in [3.63, 3.8) is 0 Å². The average Bonchev–Trinajstić information content (AvgIpc) is 3.09. The molecule has 0 spiro atoms. The van der Waals surface area contributed by atoms with Gasteiger partial charge in [0.25, 0.3) is 0 Å². The molecule has 0 aromatic heterocycles. The molecule has 1 saturated carbocycles. The number of halogens is 1. The molecule has 2 fully saturated rings. The number of alkyl halides is 1. The van der Waals surface area contributed by atoms with Crippen LogP contribution in [0.4, 0.5) is 4.39 Å². The van der Waals surface area contributed by atoms with E-state index in [1.54, 1.807) is 18.2 Å². The van der Waals surface area contributed by atoms with E-state index in [1.807, 2.05) is 13.8 Å².